The molecule has 0 amide bonds. The molecule has 0 saturated carbocycles. The van der Waals surface area contributed by atoms with Gasteiger partial charge in [-0.1, -0.05) is 13.8 Å². The molecule has 2 aromatic rings. The number of hydrogen-bond acceptors (Lipinski definition) is 5. The predicted octanol–water partition coefficient (Wildman–Crippen LogP) is 2.00. The van der Waals surface area contributed by atoms with Crippen molar-refractivity contribution in [2.24, 2.45) is 13.0 Å². The molecule has 0 bridgehead atoms. The van der Waals surface area contributed by atoms with Crippen LogP contribution in [-0.2, 0) is 29.9 Å². The van der Waals surface area contributed by atoms with Crippen LogP contribution >= 0.6 is 11.3 Å². The van der Waals surface area contributed by atoms with Crippen molar-refractivity contribution in [1.82, 2.24) is 14.1 Å². The number of rotatable bonds is 6. The van der Waals surface area contributed by atoms with Crippen LogP contribution in [0.25, 0.3) is 0 Å². The quantitative estimate of drug-likeness (QED) is 0.828. The van der Waals surface area contributed by atoms with Crippen molar-refractivity contribution < 1.29 is 13.5 Å². The summed E-state index contributed by atoms with van der Waals surface area (Å²) in [5, 5.41) is 18.2. The molecule has 0 unspecified atom stereocenters. The maximum Gasteiger partial charge on any atom is 0.246 e. The van der Waals surface area contributed by atoms with E-state index in [4.69, 9.17) is 0 Å². The SMILES string of the molecule is CCc1nn(C)c(CC)c1S(=O)(=O)N1C[C@@H](CO)[C@H](c2ccsc2)C1. The topological polar surface area (TPSA) is 75.4 Å². The van der Waals surface area contributed by atoms with Crippen molar-refractivity contribution in [1.29, 1.82) is 0 Å². The van der Waals surface area contributed by atoms with E-state index in [0.29, 0.717) is 36.5 Å². The van der Waals surface area contributed by atoms with Crippen LogP contribution in [0.5, 0.6) is 0 Å². The number of aryl methyl sites for hydroxylation is 2. The molecule has 3 rings (SSSR count). The van der Waals surface area contributed by atoms with Crippen molar-refractivity contribution in [2.75, 3.05) is 19.7 Å². The summed E-state index contributed by atoms with van der Waals surface area (Å²) >= 11 is 1.60. The lowest BCUT2D eigenvalue weighted by Crippen LogP contribution is -2.30. The Kier molecular flexibility index (Phi) is 5.34. The highest BCUT2D eigenvalue weighted by Gasteiger charge is 2.42. The molecular formula is C17H25N3O3S2. The third kappa shape index (κ3) is 3.16. The van der Waals surface area contributed by atoms with Gasteiger partial charge in [0.2, 0.25) is 10.0 Å². The zero-order valence-electron chi connectivity index (χ0n) is 14.8. The second-order valence-corrected chi connectivity index (χ2v) is 9.14. The molecule has 8 heteroatoms. The highest BCUT2D eigenvalue weighted by Crippen LogP contribution is 2.37. The lowest BCUT2D eigenvalue weighted by atomic mass is 9.92. The molecule has 1 saturated heterocycles. The average molecular weight is 384 g/mol. The normalized spacial score (nSPS) is 21.9. The number of aromatic nitrogens is 2. The Hall–Kier alpha value is -1.22. The first-order chi connectivity index (χ1) is 11.9. The highest BCUT2D eigenvalue weighted by molar-refractivity contribution is 7.89. The molecule has 6 nitrogen and oxygen atoms in total. The summed E-state index contributed by atoms with van der Waals surface area (Å²) in [4.78, 5) is 0.364. The summed E-state index contributed by atoms with van der Waals surface area (Å²) in [6, 6.07) is 2.02. The Balaban J connectivity index is 1.99. The number of nitrogens with zero attached hydrogens (tertiary/aromatic N) is 3. The molecular weight excluding hydrogens is 358 g/mol. The van der Waals surface area contributed by atoms with E-state index in [0.717, 1.165) is 11.3 Å². The van der Waals surface area contributed by atoms with Crippen LogP contribution in [0.4, 0.5) is 0 Å². The third-order valence-corrected chi connectivity index (χ3v) is 7.73. The van der Waals surface area contributed by atoms with Gasteiger partial charge in [-0.3, -0.25) is 4.68 Å². The maximum atomic E-state index is 13.4. The van der Waals surface area contributed by atoms with Crippen LogP contribution in [-0.4, -0.2) is 47.3 Å². The lowest BCUT2D eigenvalue weighted by molar-refractivity contribution is 0.223. The molecule has 1 aliphatic heterocycles. The minimum Gasteiger partial charge on any atom is -0.396 e. The zero-order valence-corrected chi connectivity index (χ0v) is 16.5. The summed E-state index contributed by atoms with van der Waals surface area (Å²) < 4.78 is 30.0. The van der Waals surface area contributed by atoms with E-state index in [9.17, 15) is 13.5 Å². The highest BCUT2D eigenvalue weighted by atomic mass is 32.2. The second-order valence-electron chi connectivity index (χ2n) is 6.48. The van der Waals surface area contributed by atoms with Gasteiger partial charge in [-0.15, -0.1) is 0 Å². The molecule has 0 radical (unpaired) electrons. The first-order valence-electron chi connectivity index (χ1n) is 8.61. The van der Waals surface area contributed by atoms with Crippen molar-refractivity contribution in [3.05, 3.63) is 33.8 Å². The number of thiophene rings is 1. The van der Waals surface area contributed by atoms with Crippen molar-refractivity contribution in [2.45, 2.75) is 37.5 Å². The van der Waals surface area contributed by atoms with E-state index in [1.165, 1.54) is 4.31 Å². The molecule has 3 heterocycles. The van der Waals surface area contributed by atoms with Crippen molar-refractivity contribution in [3.63, 3.8) is 0 Å². The molecule has 0 spiro atoms. The molecule has 1 aliphatic rings. The Labute approximate surface area is 153 Å². The van der Waals surface area contributed by atoms with Crippen LogP contribution < -0.4 is 0 Å². The molecule has 2 aromatic heterocycles. The molecule has 0 aliphatic carbocycles. The zero-order chi connectivity index (χ0) is 18.2. The van der Waals surface area contributed by atoms with E-state index in [1.807, 2.05) is 30.7 Å². The largest absolute Gasteiger partial charge is 0.396 e. The summed E-state index contributed by atoms with van der Waals surface area (Å²) in [7, 11) is -1.83. The first-order valence-corrected chi connectivity index (χ1v) is 11.0. The Morgan fingerprint density at radius 1 is 1.32 bits per heavy atom. The Morgan fingerprint density at radius 2 is 2.08 bits per heavy atom. The minimum absolute atomic E-state index is 0.0131. The van der Waals surface area contributed by atoms with Gasteiger partial charge in [-0.2, -0.15) is 20.7 Å². The standard InChI is InChI=1S/C17H25N3O3S2/c1-4-15-17(16(5-2)19(3)18-15)25(22,23)20-8-13(10-21)14(9-20)12-6-7-24-11-12/h6-7,11,13-14,21H,4-5,8-10H2,1-3H3/t13-,14-/m0/s1. The molecule has 1 N–H and O–H groups in total. The van der Waals surface area contributed by atoms with Gasteiger partial charge < -0.3 is 5.11 Å². The van der Waals surface area contributed by atoms with Gasteiger partial charge in [0.1, 0.15) is 4.90 Å². The van der Waals surface area contributed by atoms with Gasteiger partial charge in [0.05, 0.1) is 11.4 Å². The summed E-state index contributed by atoms with van der Waals surface area (Å²) in [6.45, 7) is 4.62. The van der Waals surface area contributed by atoms with Crippen LogP contribution in [0, 0.1) is 5.92 Å². The molecule has 138 valence electrons. The van der Waals surface area contributed by atoms with E-state index in [1.54, 1.807) is 23.1 Å². The fourth-order valence-electron chi connectivity index (χ4n) is 3.72. The Bertz CT molecular complexity index is 828. The summed E-state index contributed by atoms with van der Waals surface area (Å²) in [6.07, 6.45) is 1.19. The van der Waals surface area contributed by atoms with Crippen LogP contribution in [0.15, 0.2) is 21.7 Å². The molecule has 2 atom stereocenters. The third-order valence-electron chi connectivity index (χ3n) is 5.07. The fourth-order valence-corrected chi connectivity index (χ4v) is 6.51. The van der Waals surface area contributed by atoms with Crippen LogP contribution in [0.2, 0.25) is 0 Å². The number of aliphatic hydroxyl groups is 1. The van der Waals surface area contributed by atoms with Crippen LogP contribution in [0.3, 0.4) is 0 Å². The van der Waals surface area contributed by atoms with Crippen molar-refractivity contribution >= 4 is 21.4 Å². The molecule has 1 fully saturated rings. The number of sulfonamides is 1. The minimum atomic E-state index is -3.63. The van der Waals surface area contributed by atoms with E-state index in [-0.39, 0.29) is 18.4 Å². The van der Waals surface area contributed by atoms with Gasteiger partial charge in [0.25, 0.3) is 0 Å². The van der Waals surface area contributed by atoms with Gasteiger partial charge in [0.15, 0.2) is 0 Å². The smallest absolute Gasteiger partial charge is 0.246 e. The second kappa shape index (κ2) is 7.19. The Morgan fingerprint density at radius 3 is 2.64 bits per heavy atom. The van der Waals surface area contributed by atoms with Gasteiger partial charge in [-0.05, 0) is 35.2 Å². The maximum absolute atomic E-state index is 13.4. The van der Waals surface area contributed by atoms with E-state index >= 15 is 0 Å². The predicted molar refractivity (Wildman–Crippen MR) is 98.4 cm³/mol. The van der Waals surface area contributed by atoms with Gasteiger partial charge >= 0.3 is 0 Å². The number of aliphatic hydroxyl groups excluding tert-OH is 1. The van der Waals surface area contributed by atoms with Gasteiger partial charge in [0, 0.05) is 38.6 Å². The summed E-state index contributed by atoms with van der Waals surface area (Å²) in [5.74, 6) is -0.0333. The summed E-state index contributed by atoms with van der Waals surface area (Å²) in [5.41, 5.74) is 2.48. The lowest BCUT2D eigenvalue weighted by Gasteiger charge is -2.17. The van der Waals surface area contributed by atoms with Crippen LogP contribution in [0.1, 0.15) is 36.7 Å². The van der Waals surface area contributed by atoms with Crippen molar-refractivity contribution in [3.8, 4) is 0 Å². The number of hydrogen-bond donors (Lipinski definition) is 1. The molecule has 0 aromatic carbocycles. The van der Waals surface area contributed by atoms with E-state index < -0.39 is 10.0 Å². The monoisotopic (exact) mass is 383 g/mol. The van der Waals surface area contributed by atoms with E-state index in [2.05, 4.69) is 5.10 Å². The molecule has 25 heavy (non-hydrogen) atoms. The fraction of sp³-hybridized carbons (Fsp3) is 0.588. The van der Waals surface area contributed by atoms with Gasteiger partial charge in [-0.25, -0.2) is 8.42 Å². The first kappa shape index (κ1) is 18.6. The average Bonchev–Trinajstić information content (AvgIpc) is 3.31.